The molecule has 1 aromatic carbocycles. The highest BCUT2D eigenvalue weighted by atomic mass is 15.1. The molecule has 3 aromatic heterocycles. The molecule has 0 amide bonds. The number of nitrogens with zero attached hydrogens (tertiary/aromatic N) is 3. The van der Waals surface area contributed by atoms with Gasteiger partial charge in [-0.3, -0.25) is 5.10 Å². The van der Waals surface area contributed by atoms with Gasteiger partial charge >= 0.3 is 0 Å². The fourth-order valence-electron chi connectivity index (χ4n) is 6.12. The summed E-state index contributed by atoms with van der Waals surface area (Å²) in [7, 11) is 0. The molecule has 7 heteroatoms. The number of H-pyrrole nitrogens is 1. The third-order valence-corrected chi connectivity index (χ3v) is 7.70. The SMILES string of the molecule is CCc1c(CNCc2cc(C)[nH]n2)c(CC)c(CNc2cc(C)cc(C)n2)c(CC)c1CNc1cc(C)cc(C)n1. The molecule has 0 unspecified atom stereocenters. The molecular formula is C34H47N7. The van der Waals surface area contributed by atoms with E-state index < -0.39 is 0 Å². The normalized spacial score (nSPS) is 11.2. The molecule has 0 radical (unpaired) electrons. The summed E-state index contributed by atoms with van der Waals surface area (Å²) in [6.45, 7) is 20.3. The van der Waals surface area contributed by atoms with Crippen molar-refractivity contribution < 1.29 is 0 Å². The molecule has 0 aliphatic heterocycles. The highest BCUT2D eigenvalue weighted by Gasteiger charge is 2.21. The lowest BCUT2D eigenvalue weighted by molar-refractivity contribution is 0.664. The van der Waals surface area contributed by atoms with Gasteiger partial charge in [0.25, 0.3) is 0 Å². The van der Waals surface area contributed by atoms with Crippen LogP contribution in [0.4, 0.5) is 11.6 Å². The summed E-state index contributed by atoms with van der Waals surface area (Å²) in [4.78, 5) is 9.52. The van der Waals surface area contributed by atoms with Gasteiger partial charge in [-0.05, 0) is 129 Å². The molecule has 0 bridgehead atoms. The van der Waals surface area contributed by atoms with Crippen molar-refractivity contribution in [2.75, 3.05) is 10.6 Å². The Bertz CT molecular complexity index is 1360. The number of aromatic amines is 1. The first-order valence-electron chi connectivity index (χ1n) is 15.0. The second-order valence-electron chi connectivity index (χ2n) is 11.1. The zero-order chi connectivity index (χ0) is 29.5. The molecule has 218 valence electrons. The maximum Gasteiger partial charge on any atom is 0.126 e. The largest absolute Gasteiger partial charge is 0.366 e. The van der Waals surface area contributed by atoms with Crippen molar-refractivity contribution in [3.63, 3.8) is 0 Å². The van der Waals surface area contributed by atoms with Gasteiger partial charge in [-0.15, -0.1) is 0 Å². The van der Waals surface area contributed by atoms with Gasteiger partial charge in [0.1, 0.15) is 11.6 Å². The van der Waals surface area contributed by atoms with Gasteiger partial charge < -0.3 is 16.0 Å². The Morgan fingerprint density at radius 2 is 1.02 bits per heavy atom. The van der Waals surface area contributed by atoms with Crippen LogP contribution in [-0.2, 0) is 45.4 Å². The van der Waals surface area contributed by atoms with E-state index in [9.17, 15) is 0 Å². The second-order valence-corrected chi connectivity index (χ2v) is 11.1. The molecule has 0 saturated heterocycles. The molecule has 0 fully saturated rings. The average Bonchev–Trinajstić information content (AvgIpc) is 3.33. The van der Waals surface area contributed by atoms with Crippen LogP contribution in [0.1, 0.15) is 88.1 Å². The van der Waals surface area contributed by atoms with Gasteiger partial charge in [0.05, 0.1) is 5.69 Å². The minimum atomic E-state index is 0.728. The molecule has 0 saturated carbocycles. The number of anilines is 2. The van der Waals surface area contributed by atoms with Crippen molar-refractivity contribution in [2.45, 2.75) is 101 Å². The molecule has 0 aliphatic rings. The first kappa shape index (κ1) is 30.3. The predicted molar refractivity (Wildman–Crippen MR) is 171 cm³/mol. The number of pyridine rings is 2. The Kier molecular flexibility index (Phi) is 10.2. The fourth-order valence-corrected chi connectivity index (χ4v) is 6.12. The summed E-state index contributed by atoms with van der Waals surface area (Å²) in [6.07, 6.45) is 2.92. The number of hydrogen-bond acceptors (Lipinski definition) is 6. The van der Waals surface area contributed by atoms with Crippen molar-refractivity contribution in [3.05, 3.63) is 97.6 Å². The number of benzene rings is 1. The predicted octanol–water partition coefficient (Wildman–Crippen LogP) is 6.94. The highest BCUT2D eigenvalue weighted by molar-refractivity contribution is 5.55. The third kappa shape index (κ3) is 7.53. The Labute approximate surface area is 246 Å². The van der Waals surface area contributed by atoms with E-state index in [4.69, 9.17) is 9.97 Å². The summed E-state index contributed by atoms with van der Waals surface area (Å²) < 4.78 is 0. The maximum atomic E-state index is 4.76. The average molecular weight is 554 g/mol. The smallest absolute Gasteiger partial charge is 0.126 e. The first-order valence-corrected chi connectivity index (χ1v) is 15.0. The summed E-state index contributed by atoms with van der Waals surface area (Å²) >= 11 is 0. The van der Waals surface area contributed by atoms with Crippen LogP contribution >= 0.6 is 0 Å². The number of nitrogens with one attached hydrogen (secondary N) is 4. The number of aryl methyl sites for hydroxylation is 5. The van der Waals surface area contributed by atoms with Crippen molar-refractivity contribution in [1.82, 2.24) is 25.5 Å². The van der Waals surface area contributed by atoms with Crippen LogP contribution in [0.15, 0.2) is 30.3 Å². The Morgan fingerprint density at radius 1 is 0.561 bits per heavy atom. The summed E-state index contributed by atoms with van der Waals surface area (Å²) in [5, 5.41) is 18.5. The minimum absolute atomic E-state index is 0.728. The van der Waals surface area contributed by atoms with Crippen LogP contribution in [0.2, 0.25) is 0 Å². The van der Waals surface area contributed by atoms with E-state index in [1.54, 1.807) is 0 Å². The van der Waals surface area contributed by atoms with Gasteiger partial charge in [0.2, 0.25) is 0 Å². The molecule has 4 aromatic rings. The van der Waals surface area contributed by atoms with Crippen molar-refractivity contribution in [2.24, 2.45) is 0 Å². The molecule has 0 atom stereocenters. The van der Waals surface area contributed by atoms with Crippen LogP contribution < -0.4 is 16.0 Å². The van der Waals surface area contributed by atoms with E-state index in [2.05, 4.69) is 105 Å². The van der Waals surface area contributed by atoms with Crippen molar-refractivity contribution >= 4 is 11.6 Å². The molecule has 4 N–H and O–H groups in total. The van der Waals surface area contributed by atoms with Crippen LogP contribution in [-0.4, -0.2) is 20.2 Å². The lowest BCUT2D eigenvalue weighted by atomic mass is 9.83. The first-order chi connectivity index (χ1) is 19.7. The second kappa shape index (κ2) is 13.8. The Hall–Kier alpha value is -3.71. The standard InChI is InChI=1S/C34H47N7/c1-9-27-30(18-35-17-26-16-25(8)40-41-26)28(10-2)32(20-37-34-15-22(5)13-24(7)39-34)29(11-3)31(27)19-36-33-14-21(4)12-23(6)38-33/h12-16,35H,9-11,17-20H2,1-8H3,(H,36,38)(H,37,39)(H,40,41). The van der Waals surface area contributed by atoms with Gasteiger partial charge in [0.15, 0.2) is 0 Å². The maximum absolute atomic E-state index is 4.76. The lowest BCUT2D eigenvalue weighted by Gasteiger charge is -2.27. The van der Waals surface area contributed by atoms with Crippen LogP contribution in [0.5, 0.6) is 0 Å². The topological polar surface area (TPSA) is 90.5 Å². The van der Waals surface area contributed by atoms with Gasteiger partial charge in [0, 0.05) is 43.3 Å². The van der Waals surface area contributed by atoms with Crippen LogP contribution in [0.25, 0.3) is 0 Å². The monoisotopic (exact) mass is 553 g/mol. The molecule has 0 aliphatic carbocycles. The highest BCUT2D eigenvalue weighted by Crippen LogP contribution is 2.32. The molecule has 4 rings (SSSR count). The number of hydrogen-bond donors (Lipinski definition) is 4. The van der Waals surface area contributed by atoms with Gasteiger partial charge in [-0.1, -0.05) is 20.8 Å². The zero-order valence-corrected chi connectivity index (χ0v) is 26.2. The van der Waals surface area contributed by atoms with E-state index in [1.165, 1.54) is 44.5 Å². The summed E-state index contributed by atoms with van der Waals surface area (Å²) in [6, 6.07) is 10.6. The summed E-state index contributed by atoms with van der Waals surface area (Å²) in [5.41, 5.74) is 15.1. The molecule has 0 spiro atoms. The Morgan fingerprint density at radius 3 is 1.41 bits per heavy atom. The van der Waals surface area contributed by atoms with Gasteiger partial charge in [-0.25, -0.2) is 9.97 Å². The molecule has 3 heterocycles. The third-order valence-electron chi connectivity index (χ3n) is 7.70. The Balaban J connectivity index is 1.75. The van der Waals surface area contributed by atoms with Crippen LogP contribution in [0.3, 0.4) is 0 Å². The number of aromatic nitrogens is 4. The van der Waals surface area contributed by atoms with Crippen molar-refractivity contribution in [1.29, 1.82) is 0 Å². The van der Waals surface area contributed by atoms with E-state index in [0.717, 1.165) is 79.9 Å². The fraction of sp³-hybridized carbons (Fsp3) is 0.441. The quantitative estimate of drug-likeness (QED) is 0.143. The van der Waals surface area contributed by atoms with Crippen LogP contribution in [0, 0.1) is 34.6 Å². The molecule has 41 heavy (non-hydrogen) atoms. The number of rotatable bonds is 13. The lowest BCUT2D eigenvalue weighted by Crippen LogP contribution is -2.22. The molecule has 7 nitrogen and oxygen atoms in total. The van der Waals surface area contributed by atoms with Gasteiger partial charge in [-0.2, -0.15) is 5.10 Å². The van der Waals surface area contributed by atoms with E-state index in [0.29, 0.717) is 0 Å². The van der Waals surface area contributed by atoms with E-state index in [-0.39, 0.29) is 0 Å². The zero-order valence-electron chi connectivity index (χ0n) is 26.2. The minimum Gasteiger partial charge on any atom is -0.366 e. The molecular weight excluding hydrogens is 506 g/mol. The summed E-state index contributed by atoms with van der Waals surface area (Å²) in [5.74, 6) is 1.86. The van der Waals surface area contributed by atoms with E-state index in [1.807, 2.05) is 6.92 Å². The van der Waals surface area contributed by atoms with E-state index >= 15 is 0 Å². The van der Waals surface area contributed by atoms with Crippen molar-refractivity contribution in [3.8, 4) is 0 Å².